The van der Waals surface area contributed by atoms with Crippen LogP contribution in [0.5, 0.6) is 0 Å². The molecule has 0 aliphatic heterocycles. The Kier molecular flexibility index (Phi) is 4.24. The molecular formula is C19H19N3O. The number of rotatable bonds is 4. The molecule has 0 radical (unpaired) electrons. The summed E-state index contributed by atoms with van der Waals surface area (Å²) in [7, 11) is 0. The third-order valence-corrected chi connectivity index (χ3v) is 3.69. The van der Waals surface area contributed by atoms with E-state index < -0.39 is 6.04 Å². The molecule has 1 amide bonds. The highest BCUT2D eigenvalue weighted by Crippen LogP contribution is 2.22. The predicted molar refractivity (Wildman–Crippen MR) is 91.4 cm³/mol. The first-order valence-electron chi connectivity index (χ1n) is 7.59. The number of hydrogen-bond donors (Lipinski definition) is 1. The minimum atomic E-state index is -0.495. The highest BCUT2D eigenvalue weighted by molar-refractivity contribution is 5.95. The third-order valence-electron chi connectivity index (χ3n) is 3.69. The number of aromatic nitrogens is 2. The van der Waals surface area contributed by atoms with E-state index in [1.54, 1.807) is 4.68 Å². The van der Waals surface area contributed by atoms with E-state index in [1.807, 2.05) is 80.6 Å². The fourth-order valence-electron chi connectivity index (χ4n) is 2.68. The summed E-state index contributed by atoms with van der Waals surface area (Å²) >= 11 is 0. The van der Waals surface area contributed by atoms with Crippen LogP contribution in [0, 0.1) is 13.8 Å². The van der Waals surface area contributed by atoms with Crippen LogP contribution in [0.25, 0.3) is 0 Å². The number of aryl methyl sites for hydroxylation is 2. The van der Waals surface area contributed by atoms with E-state index in [4.69, 9.17) is 0 Å². The molecule has 116 valence electrons. The van der Waals surface area contributed by atoms with Crippen LogP contribution in [0.2, 0.25) is 0 Å². The van der Waals surface area contributed by atoms with E-state index in [-0.39, 0.29) is 5.91 Å². The van der Waals surface area contributed by atoms with Crippen molar-refractivity contribution in [2.45, 2.75) is 19.9 Å². The van der Waals surface area contributed by atoms with Crippen LogP contribution < -0.4 is 5.32 Å². The smallest absolute Gasteiger partial charge is 0.253 e. The fraction of sp³-hybridized carbons (Fsp3) is 0.158. The van der Waals surface area contributed by atoms with Crippen LogP contribution in [0.4, 0.5) is 5.69 Å². The van der Waals surface area contributed by atoms with Gasteiger partial charge in [0, 0.05) is 11.4 Å². The zero-order valence-electron chi connectivity index (χ0n) is 13.2. The van der Waals surface area contributed by atoms with Gasteiger partial charge >= 0.3 is 0 Å². The van der Waals surface area contributed by atoms with E-state index in [1.165, 1.54) is 0 Å². The first-order valence-corrected chi connectivity index (χ1v) is 7.59. The molecule has 1 aromatic heterocycles. The topological polar surface area (TPSA) is 46.9 Å². The van der Waals surface area contributed by atoms with Gasteiger partial charge in [-0.15, -0.1) is 0 Å². The van der Waals surface area contributed by atoms with Crippen molar-refractivity contribution in [2.24, 2.45) is 0 Å². The van der Waals surface area contributed by atoms with Gasteiger partial charge in [0.25, 0.3) is 5.91 Å². The molecule has 0 saturated heterocycles. The molecule has 0 unspecified atom stereocenters. The minimum Gasteiger partial charge on any atom is -0.324 e. The lowest BCUT2D eigenvalue weighted by Crippen LogP contribution is -2.28. The maximum Gasteiger partial charge on any atom is 0.253 e. The Hall–Kier alpha value is -2.88. The third kappa shape index (κ3) is 3.31. The highest BCUT2D eigenvalue weighted by atomic mass is 16.2. The number of anilines is 1. The Morgan fingerprint density at radius 3 is 2.17 bits per heavy atom. The van der Waals surface area contributed by atoms with Crippen molar-refractivity contribution >= 4 is 11.6 Å². The van der Waals surface area contributed by atoms with Crippen LogP contribution >= 0.6 is 0 Å². The van der Waals surface area contributed by atoms with Gasteiger partial charge in [0.2, 0.25) is 0 Å². The quantitative estimate of drug-likeness (QED) is 0.798. The van der Waals surface area contributed by atoms with Crippen molar-refractivity contribution in [2.75, 3.05) is 5.32 Å². The molecule has 0 bridgehead atoms. The lowest BCUT2D eigenvalue weighted by Gasteiger charge is -2.19. The summed E-state index contributed by atoms with van der Waals surface area (Å²) in [5.41, 5.74) is 3.54. The molecule has 0 aliphatic carbocycles. The first-order chi connectivity index (χ1) is 11.1. The van der Waals surface area contributed by atoms with Crippen molar-refractivity contribution in [3.8, 4) is 0 Å². The number of carbonyl (C=O) groups excluding carboxylic acids is 1. The van der Waals surface area contributed by atoms with Crippen molar-refractivity contribution in [3.05, 3.63) is 83.7 Å². The predicted octanol–water partition coefficient (Wildman–Crippen LogP) is 3.73. The van der Waals surface area contributed by atoms with Gasteiger partial charge in [-0.05, 0) is 37.6 Å². The molecule has 2 aromatic carbocycles. The zero-order valence-corrected chi connectivity index (χ0v) is 13.2. The number of nitrogens with zero attached hydrogens (tertiary/aromatic N) is 2. The zero-order chi connectivity index (χ0) is 16.2. The summed E-state index contributed by atoms with van der Waals surface area (Å²) in [5.74, 6) is -0.103. The average molecular weight is 305 g/mol. The second-order valence-corrected chi connectivity index (χ2v) is 5.54. The highest BCUT2D eigenvalue weighted by Gasteiger charge is 2.25. The molecule has 0 aliphatic rings. The standard InChI is InChI=1S/C19H19N3O/c1-14-13-15(2)22(21-14)18(16-9-5-3-6-10-16)19(23)20-17-11-7-4-8-12-17/h3-13,18H,1-2H3,(H,20,23)/t18-/m0/s1. The number of nitrogens with one attached hydrogen (secondary N) is 1. The summed E-state index contributed by atoms with van der Waals surface area (Å²) in [6.45, 7) is 3.90. The van der Waals surface area contributed by atoms with Gasteiger partial charge in [-0.1, -0.05) is 48.5 Å². The molecule has 4 nitrogen and oxygen atoms in total. The molecule has 23 heavy (non-hydrogen) atoms. The summed E-state index contributed by atoms with van der Waals surface area (Å²) < 4.78 is 1.78. The molecular weight excluding hydrogens is 286 g/mol. The van der Waals surface area contributed by atoms with E-state index >= 15 is 0 Å². The molecule has 3 aromatic rings. The first kappa shape index (κ1) is 15.0. The number of amides is 1. The van der Waals surface area contributed by atoms with Gasteiger partial charge in [0.15, 0.2) is 6.04 Å². The Balaban J connectivity index is 1.98. The molecule has 0 spiro atoms. The van der Waals surface area contributed by atoms with Crippen molar-refractivity contribution in [1.82, 2.24) is 9.78 Å². The Morgan fingerprint density at radius 2 is 1.61 bits per heavy atom. The Labute approximate surface area is 135 Å². The van der Waals surface area contributed by atoms with Crippen LogP contribution in [0.15, 0.2) is 66.7 Å². The van der Waals surface area contributed by atoms with Gasteiger partial charge in [0.1, 0.15) is 0 Å². The molecule has 1 heterocycles. The fourth-order valence-corrected chi connectivity index (χ4v) is 2.68. The largest absolute Gasteiger partial charge is 0.324 e. The lowest BCUT2D eigenvalue weighted by atomic mass is 10.1. The maximum absolute atomic E-state index is 12.9. The average Bonchev–Trinajstić information content (AvgIpc) is 2.88. The van der Waals surface area contributed by atoms with Gasteiger partial charge in [-0.3, -0.25) is 9.48 Å². The van der Waals surface area contributed by atoms with E-state index in [0.29, 0.717) is 0 Å². The minimum absolute atomic E-state index is 0.103. The van der Waals surface area contributed by atoms with E-state index in [2.05, 4.69) is 10.4 Å². The lowest BCUT2D eigenvalue weighted by molar-refractivity contribution is -0.118. The molecule has 1 atom stereocenters. The van der Waals surface area contributed by atoms with Gasteiger partial charge in [-0.2, -0.15) is 5.10 Å². The molecule has 4 heteroatoms. The number of benzene rings is 2. The second-order valence-electron chi connectivity index (χ2n) is 5.54. The van der Waals surface area contributed by atoms with Crippen LogP contribution in [-0.2, 0) is 4.79 Å². The molecule has 0 saturated carbocycles. The van der Waals surface area contributed by atoms with Crippen molar-refractivity contribution < 1.29 is 4.79 Å². The molecule has 3 rings (SSSR count). The van der Waals surface area contributed by atoms with Crippen LogP contribution in [0.3, 0.4) is 0 Å². The van der Waals surface area contributed by atoms with Crippen molar-refractivity contribution in [3.63, 3.8) is 0 Å². The van der Waals surface area contributed by atoms with Gasteiger partial charge in [-0.25, -0.2) is 0 Å². The number of para-hydroxylation sites is 1. The Morgan fingerprint density at radius 1 is 1.00 bits per heavy atom. The van der Waals surface area contributed by atoms with E-state index in [9.17, 15) is 4.79 Å². The number of carbonyl (C=O) groups is 1. The molecule has 0 fully saturated rings. The van der Waals surface area contributed by atoms with Crippen molar-refractivity contribution in [1.29, 1.82) is 0 Å². The summed E-state index contributed by atoms with van der Waals surface area (Å²) in [4.78, 5) is 12.9. The summed E-state index contributed by atoms with van der Waals surface area (Å²) in [6, 6.07) is 20.7. The normalized spacial score (nSPS) is 11.9. The molecule has 1 N–H and O–H groups in total. The monoisotopic (exact) mass is 305 g/mol. The Bertz CT molecular complexity index is 794. The second kappa shape index (κ2) is 6.48. The van der Waals surface area contributed by atoms with Gasteiger partial charge in [0.05, 0.1) is 5.69 Å². The van der Waals surface area contributed by atoms with Gasteiger partial charge < -0.3 is 5.32 Å². The summed E-state index contributed by atoms with van der Waals surface area (Å²) in [6.07, 6.45) is 0. The van der Waals surface area contributed by atoms with Crippen LogP contribution in [0.1, 0.15) is 23.0 Å². The maximum atomic E-state index is 12.9. The van der Waals surface area contributed by atoms with E-state index in [0.717, 1.165) is 22.6 Å². The number of hydrogen-bond acceptors (Lipinski definition) is 2. The van der Waals surface area contributed by atoms with Crippen LogP contribution in [-0.4, -0.2) is 15.7 Å². The SMILES string of the molecule is Cc1cc(C)n([C@H](C(=O)Nc2ccccc2)c2ccccc2)n1. The summed E-state index contributed by atoms with van der Waals surface area (Å²) in [5, 5.41) is 7.48.